The smallest absolute Gasteiger partial charge is 0.124 e. The molecule has 0 aliphatic carbocycles. The number of benzene rings is 3. The number of fused-ring (bicyclic) bond motifs is 3. The van der Waals surface area contributed by atoms with Crippen molar-refractivity contribution in [3.8, 4) is 10.6 Å². The molecule has 0 aliphatic rings. The van der Waals surface area contributed by atoms with Crippen molar-refractivity contribution in [1.82, 2.24) is 4.98 Å². The van der Waals surface area contributed by atoms with Crippen molar-refractivity contribution in [2.75, 3.05) is 0 Å². The van der Waals surface area contributed by atoms with Crippen LogP contribution in [0.4, 0.5) is 0 Å². The predicted octanol–water partition coefficient (Wildman–Crippen LogP) is 5.42. The van der Waals surface area contributed by atoms with E-state index in [1.807, 2.05) is 0 Å². The molecule has 1 nitrogen and oxygen atoms in total. The molecular weight excluding hydrogens is 262 g/mol. The third kappa shape index (κ3) is 1.81. The summed E-state index contributed by atoms with van der Waals surface area (Å²) in [4.78, 5) is 4.79. The maximum Gasteiger partial charge on any atom is 0.124 e. The molecule has 20 heavy (non-hydrogen) atoms. The lowest BCUT2D eigenvalue weighted by Crippen LogP contribution is -1.77. The minimum Gasteiger partial charge on any atom is -0.236 e. The molecule has 1 heterocycles. The third-order valence-electron chi connectivity index (χ3n) is 3.54. The van der Waals surface area contributed by atoms with Gasteiger partial charge in [0.25, 0.3) is 0 Å². The molecule has 4 rings (SSSR count). The lowest BCUT2D eigenvalue weighted by molar-refractivity contribution is 1.43. The minimum atomic E-state index is 1.09. The van der Waals surface area contributed by atoms with E-state index in [0.717, 1.165) is 10.5 Å². The van der Waals surface area contributed by atoms with Gasteiger partial charge in [0.2, 0.25) is 0 Å². The molecule has 96 valence electrons. The van der Waals surface area contributed by atoms with Gasteiger partial charge in [-0.05, 0) is 24.4 Å². The number of rotatable bonds is 1. The highest BCUT2D eigenvalue weighted by atomic mass is 32.1. The van der Waals surface area contributed by atoms with Crippen LogP contribution in [0.3, 0.4) is 0 Å². The van der Waals surface area contributed by atoms with Crippen LogP contribution in [0.5, 0.6) is 0 Å². The van der Waals surface area contributed by atoms with Gasteiger partial charge in [0, 0.05) is 10.9 Å². The Morgan fingerprint density at radius 1 is 0.900 bits per heavy atom. The van der Waals surface area contributed by atoms with Gasteiger partial charge in [-0.25, -0.2) is 4.98 Å². The summed E-state index contributed by atoms with van der Waals surface area (Å²) in [7, 11) is 0. The van der Waals surface area contributed by atoms with Crippen LogP contribution in [-0.4, -0.2) is 4.98 Å². The zero-order valence-electron chi connectivity index (χ0n) is 11.1. The van der Waals surface area contributed by atoms with Crippen LogP contribution < -0.4 is 0 Å². The quantitative estimate of drug-likeness (QED) is 0.451. The largest absolute Gasteiger partial charge is 0.236 e. The molecule has 0 radical (unpaired) electrons. The lowest BCUT2D eigenvalue weighted by atomic mass is 10.1. The molecule has 0 aliphatic heterocycles. The van der Waals surface area contributed by atoms with Crippen LogP contribution in [0.1, 0.15) is 5.56 Å². The fourth-order valence-electron chi connectivity index (χ4n) is 2.56. The summed E-state index contributed by atoms with van der Waals surface area (Å²) in [6.07, 6.45) is 0. The molecule has 0 amide bonds. The first-order chi connectivity index (χ1) is 9.81. The van der Waals surface area contributed by atoms with Gasteiger partial charge in [0.05, 0.1) is 10.2 Å². The predicted molar refractivity (Wildman–Crippen MR) is 87.3 cm³/mol. The van der Waals surface area contributed by atoms with Gasteiger partial charge >= 0.3 is 0 Å². The molecule has 4 aromatic rings. The van der Waals surface area contributed by atoms with Crippen molar-refractivity contribution < 1.29 is 0 Å². The number of nitrogens with zero attached hydrogens (tertiary/aromatic N) is 1. The first-order valence-electron chi connectivity index (χ1n) is 6.66. The van der Waals surface area contributed by atoms with Crippen LogP contribution in [0, 0.1) is 6.92 Å². The van der Waals surface area contributed by atoms with E-state index in [2.05, 4.69) is 67.6 Å². The Bertz CT molecular complexity index is 921. The maximum absolute atomic E-state index is 4.79. The van der Waals surface area contributed by atoms with Gasteiger partial charge in [-0.3, -0.25) is 0 Å². The van der Waals surface area contributed by atoms with Crippen molar-refractivity contribution >= 4 is 32.3 Å². The Labute approximate surface area is 121 Å². The van der Waals surface area contributed by atoms with Gasteiger partial charge < -0.3 is 0 Å². The van der Waals surface area contributed by atoms with E-state index in [1.165, 1.54) is 26.6 Å². The number of hydrogen-bond donors (Lipinski definition) is 0. The van der Waals surface area contributed by atoms with Gasteiger partial charge in [-0.15, -0.1) is 11.3 Å². The molecule has 0 saturated carbocycles. The zero-order valence-corrected chi connectivity index (χ0v) is 11.9. The van der Waals surface area contributed by atoms with Crippen molar-refractivity contribution in [1.29, 1.82) is 0 Å². The molecule has 0 saturated heterocycles. The minimum absolute atomic E-state index is 1.09. The Morgan fingerprint density at radius 2 is 1.80 bits per heavy atom. The second-order valence-corrected chi connectivity index (χ2v) is 6.02. The second kappa shape index (κ2) is 4.43. The Kier molecular flexibility index (Phi) is 2.57. The Hall–Kier alpha value is -2.19. The van der Waals surface area contributed by atoms with Crippen molar-refractivity contribution in [3.63, 3.8) is 0 Å². The highest BCUT2D eigenvalue weighted by molar-refractivity contribution is 7.22. The fraction of sp³-hybridized carbons (Fsp3) is 0.0556. The zero-order chi connectivity index (χ0) is 13.5. The summed E-state index contributed by atoms with van der Waals surface area (Å²) >= 11 is 1.78. The van der Waals surface area contributed by atoms with E-state index in [4.69, 9.17) is 4.98 Å². The summed E-state index contributed by atoms with van der Waals surface area (Å²) in [5, 5.41) is 3.67. The number of aryl methyl sites for hydroxylation is 1. The molecule has 1 aromatic heterocycles. The summed E-state index contributed by atoms with van der Waals surface area (Å²) in [6.45, 7) is 2.12. The average Bonchev–Trinajstić information content (AvgIpc) is 2.92. The van der Waals surface area contributed by atoms with Crippen LogP contribution in [-0.2, 0) is 0 Å². The second-order valence-electron chi connectivity index (χ2n) is 5.02. The van der Waals surface area contributed by atoms with E-state index >= 15 is 0 Å². The topological polar surface area (TPSA) is 12.9 Å². The van der Waals surface area contributed by atoms with Crippen LogP contribution >= 0.6 is 11.3 Å². The molecule has 0 N–H and O–H groups in total. The van der Waals surface area contributed by atoms with Crippen molar-refractivity contribution in [2.24, 2.45) is 0 Å². The third-order valence-corrected chi connectivity index (χ3v) is 4.70. The molecule has 0 atom stereocenters. The van der Waals surface area contributed by atoms with E-state index < -0.39 is 0 Å². The van der Waals surface area contributed by atoms with E-state index in [9.17, 15) is 0 Å². The SMILES string of the molecule is Cc1cccc(-c2nc3ccc4ccccc4c3s2)c1. The molecule has 2 heteroatoms. The average molecular weight is 275 g/mol. The van der Waals surface area contributed by atoms with E-state index in [1.54, 1.807) is 11.3 Å². The highest BCUT2D eigenvalue weighted by Crippen LogP contribution is 2.35. The van der Waals surface area contributed by atoms with Gasteiger partial charge in [0.15, 0.2) is 0 Å². The Morgan fingerprint density at radius 3 is 2.70 bits per heavy atom. The van der Waals surface area contributed by atoms with Crippen molar-refractivity contribution in [2.45, 2.75) is 6.92 Å². The maximum atomic E-state index is 4.79. The van der Waals surface area contributed by atoms with Gasteiger partial charge in [-0.1, -0.05) is 54.1 Å². The number of hydrogen-bond acceptors (Lipinski definition) is 2. The molecule has 0 bridgehead atoms. The molecule has 0 unspecified atom stereocenters. The molecule has 0 spiro atoms. The summed E-state index contributed by atoms with van der Waals surface area (Å²) < 4.78 is 1.28. The molecule has 0 fully saturated rings. The monoisotopic (exact) mass is 275 g/mol. The molecule has 3 aromatic carbocycles. The number of thiazole rings is 1. The summed E-state index contributed by atoms with van der Waals surface area (Å²) in [5.41, 5.74) is 3.56. The normalized spacial score (nSPS) is 11.2. The first kappa shape index (κ1) is 11.6. The van der Waals surface area contributed by atoms with Crippen LogP contribution in [0.15, 0.2) is 60.7 Å². The summed E-state index contributed by atoms with van der Waals surface area (Å²) in [5.74, 6) is 0. The van der Waals surface area contributed by atoms with Gasteiger partial charge in [-0.2, -0.15) is 0 Å². The summed E-state index contributed by atoms with van der Waals surface area (Å²) in [6, 6.07) is 21.3. The number of aromatic nitrogens is 1. The highest BCUT2D eigenvalue weighted by Gasteiger charge is 2.08. The van der Waals surface area contributed by atoms with Crippen LogP contribution in [0.25, 0.3) is 31.6 Å². The van der Waals surface area contributed by atoms with Gasteiger partial charge in [0.1, 0.15) is 5.01 Å². The first-order valence-corrected chi connectivity index (χ1v) is 7.48. The van der Waals surface area contributed by atoms with Crippen molar-refractivity contribution in [3.05, 3.63) is 66.2 Å². The lowest BCUT2D eigenvalue weighted by Gasteiger charge is -1.97. The van der Waals surface area contributed by atoms with Crippen LogP contribution in [0.2, 0.25) is 0 Å². The molecular formula is C18H13NS. The van der Waals surface area contributed by atoms with E-state index in [-0.39, 0.29) is 0 Å². The van der Waals surface area contributed by atoms with E-state index in [0.29, 0.717) is 0 Å². The fourth-order valence-corrected chi connectivity index (χ4v) is 3.65. The Balaban J connectivity index is 2.01. The standard InChI is InChI=1S/C18H13NS/c1-12-5-4-7-14(11-12)18-19-16-10-9-13-6-2-3-8-15(13)17(16)20-18/h2-11H,1H3.